The van der Waals surface area contributed by atoms with Crippen LogP contribution in [0.5, 0.6) is 0 Å². The number of likely N-dealkylation sites (N-methyl/N-ethyl adjacent to an activating group) is 1. The number of hydrogen-bond acceptors (Lipinski definition) is 2. The molecule has 0 aromatic heterocycles. The monoisotopic (exact) mass is 149 g/mol. The van der Waals surface area contributed by atoms with Crippen molar-refractivity contribution >= 4 is 6.29 Å². The fourth-order valence-electron chi connectivity index (χ4n) is 1.16. The van der Waals surface area contributed by atoms with Crippen LogP contribution in [0.25, 0.3) is 0 Å². The predicted molar refractivity (Wildman–Crippen MR) is 32.0 cm³/mol. The smallest absolute Gasteiger partial charge is 0.262 e. The molecule has 0 saturated carbocycles. The maximum atomic E-state index is 12.4. The van der Waals surface area contributed by atoms with Crippen LogP contribution >= 0.6 is 0 Å². The van der Waals surface area contributed by atoms with Crippen molar-refractivity contribution in [1.82, 2.24) is 4.90 Å². The number of aldehydes is 1. The van der Waals surface area contributed by atoms with E-state index in [1.165, 1.54) is 11.9 Å². The number of hydrogen-bond donors (Lipinski definition) is 0. The third-order valence-corrected chi connectivity index (χ3v) is 1.71. The molecule has 1 heterocycles. The Morgan fingerprint density at radius 1 is 1.70 bits per heavy atom. The third kappa shape index (κ3) is 1.31. The van der Waals surface area contributed by atoms with Crippen LogP contribution in [0.1, 0.15) is 6.42 Å². The number of alkyl halides is 2. The molecule has 0 spiro atoms. The summed E-state index contributed by atoms with van der Waals surface area (Å²) in [7, 11) is 1.53. The van der Waals surface area contributed by atoms with E-state index in [9.17, 15) is 13.6 Å². The van der Waals surface area contributed by atoms with Gasteiger partial charge in [0.15, 0.2) is 0 Å². The molecule has 2 nitrogen and oxygen atoms in total. The lowest BCUT2D eigenvalue weighted by atomic mass is 10.2. The lowest BCUT2D eigenvalue weighted by Gasteiger charge is -2.10. The Kier molecular flexibility index (Phi) is 1.72. The van der Waals surface area contributed by atoms with Crippen molar-refractivity contribution in [3.05, 3.63) is 0 Å². The van der Waals surface area contributed by atoms with E-state index in [4.69, 9.17) is 0 Å². The number of nitrogens with zero attached hydrogens (tertiary/aromatic N) is 1. The molecule has 58 valence electrons. The van der Waals surface area contributed by atoms with E-state index in [1.54, 1.807) is 0 Å². The SMILES string of the molecule is CN1CC(F)(F)CC1C=O. The molecule has 1 saturated heterocycles. The molecule has 4 heteroatoms. The van der Waals surface area contributed by atoms with Gasteiger partial charge in [0.05, 0.1) is 12.6 Å². The van der Waals surface area contributed by atoms with E-state index in [0.717, 1.165) is 0 Å². The van der Waals surface area contributed by atoms with E-state index < -0.39 is 12.0 Å². The summed E-state index contributed by atoms with van der Waals surface area (Å²) in [4.78, 5) is 11.5. The molecule has 0 aromatic rings. The van der Waals surface area contributed by atoms with Crippen molar-refractivity contribution in [1.29, 1.82) is 0 Å². The second kappa shape index (κ2) is 2.27. The first-order chi connectivity index (χ1) is 4.55. The molecule has 10 heavy (non-hydrogen) atoms. The Hall–Kier alpha value is -0.510. The standard InChI is InChI=1S/C6H9F2NO/c1-9-4-6(7,8)2-5(9)3-10/h3,5H,2,4H2,1H3. The maximum Gasteiger partial charge on any atom is 0.262 e. The van der Waals surface area contributed by atoms with Crippen molar-refractivity contribution in [3.8, 4) is 0 Å². The van der Waals surface area contributed by atoms with Gasteiger partial charge in [0.25, 0.3) is 5.92 Å². The minimum atomic E-state index is -2.67. The highest BCUT2D eigenvalue weighted by molar-refractivity contribution is 5.58. The minimum Gasteiger partial charge on any atom is -0.302 e. The summed E-state index contributed by atoms with van der Waals surface area (Å²) in [6.07, 6.45) is 0.244. The van der Waals surface area contributed by atoms with Crippen LogP contribution < -0.4 is 0 Å². The highest BCUT2D eigenvalue weighted by Crippen LogP contribution is 2.29. The van der Waals surface area contributed by atoms with Crippen LogP contribution in [0.2, 0.25) is 0 Å². The first-order valence-corrected chi connectivity index (χ1v) is 3.08. The summed E-state index contributed by atoms with van der Waals surface area (Å²) in [6.45, 7) is -0.295. The molecule has 1 atom stereocenters. The van der Waals surface area contributed by atoms with E-state index in [0.29, 0.717) is 6.29 Å². The van der Waals surface area contributed by atoms with Crippen molar-refractivity contribution < 1.29 is 13.6 Å². The Bertz CT molecular complexity index is 149. The average molecular weight is 149 g/mol. The summed E-state index contributed by atoms with van der Waals surface area (Å²) < 4.78 is 24.9. The van der Waals surface area contributed by atoms with Crippen molar-refractivity contribution in [2.75, 3.05) is 13.6 Å². The highest BCUT2D eigenvalue weighted by atomic mass is 19.3. The average Bonchev–Trinajstić information content (AvgIpc) is 2.05. The van der Waals surface area contributed by atoms with E-state index in [-0.39, 0.29) is 13.0 Å². The van der Waals surface area contributed by atoms with Gasteiger partial charge in [-0.3, -0.25) is 4.90 Å². The van der Waals surface area contributed by atoms with Gasteiger partial charge in [-0.1, -0.05) is 0 Å². The van der Waals surface area contributed by atoms with Crippen LogP contribution in [-0.2, 0) is 4.79 Å². The van der Waals surface area contributed by atoms with Crippen LogP contribution in [0.4, 0.5) is 8.78 Å². The second-order valence-electron chi connectivity index (χ2n) is 2.68. The van der Waals surface area contributed by atoms with Gasteiger partial charge >= 0.3 is 0 Å². The zero-order valence-corrected chi connectivity index (χ0v) is 5.68. The van der Waals surface area contributed by atoms with Crippen LogP contribution in [0, 0.1) is 0 Å². The molecular formula is C6H9F2NO. The third-order valence-electron chi connectivity index (χ3n) is 1.71. The van der Waals surface area contributed by atoms with E-state index in [2.05, 4.69) is 0 Å². The Labute approximate surface area is 57.8 Å². The lowest BCUT2D eigenvalue weighted by Crippen LogP contribution is -2.26. The molecule has 1 aliphatic heterocycles. The first kappa shape index (κ1) is 7.60. The topological polar surface area (TPSA) is 20.3 Å². The molecule has 1 rings (SSSR count). The molecule has 0 bridgehead atoms. The van der Waals surface area contributed by atoms with Crippen LogP contribution in [0.3, 0.4) is 0 Å². The van der Waals surface area contributed by atoms with E-state index in [1.807, 2.05) is 0 Å². The van der Waals surface area contributed by atoms with Gasteiger partial charge < -0.3 is 4.79 Å². The minimum absolute atomic E-state index is 0.295. The predicted octanol–water partition coefficient (Wildman–Crippen LogP) is 0.525. The van der Waals surface area contributed by atoms with Crippen molar-refractivity contribution in [3.63, 3.8) is 0 Å². The Morgan fingerprint density at radius 2 is 2.30 bits per heavy atom. The summed E-state index contributed by atoms with van der Waals surface area (Å²) in [5.41, 5.74) is 0. The van der Waals surface area contributed by atoms with E-state index >= 15 is 0 Å². The zero-order chi connectivity index (χ0) is 7.78. The van der Waals surface area contributed by atoms with Crippen LogP contribution in [0.15, 0.2) is 0 Å². The molecular weight excluding hydrogens is 140 g/mol. The Balaban J connectivity index is 2.60. The van der Waals surface area contributed by atoms with Gasteiger partial charge in [-0.15, -0.1) is 0 Å². The van der Waals surface area contributed by atoms with Crippen LogP contribution in [-0.4, -0.2) is 36.7 Å². The van der Waals surface area contributed by atoms with Gasteiger partial charge in [-0.2, -0.15) is 0 Å². The number of carbonyl (C=O) groups is 1. The van der Waals surface area contributed by atoms with Gasteiger partial charge in [0.1, 0.15) is 6.29 Å². The largest absolute Gasteiger partial charge is 0.302 e. The summed E-state index contributed by atoms with van der Waals surface area (Å²) in [5, 5.41) is 0. The number of rotatable bonds is 1. The quantitative estimate of drug-likeness (QED) is 0.507. The highest BCUT2D eigenvalue weighted by Gasteiger charge is 2.42. The molecule has 0 N–H and O–H groups in total. The normalized spacial score (nSPS) is 32.5. The summed E-state index contributed by atoms with van der Waals surface area (Å²) >= 11 is 0. The fourth-order valence-corrected chi connectivity index (χ4v) is 1.16. The lowest BCUT2D eigenvalue weighted by molar-refractivity contribution is -0.111. The van der Waals surface area contributed by atoms with Crippen molar-refractivity contribution in [2.45, 2.75) is 18.4 Å². The van der Waals surface area contributed by atoms with Gasteiger partial charge in [-0.05, 0) is 7.05 Å². The number of halogens is 2. The van der Waals surface area contributed by atoms with Gasteiger partial charge in [-0.25, -0.2) is 8.78 Å². The first-order valence-electron chi connectivity index (χ1n) is 3.08. The molecule has 1 unspecified atom stereocenters. The van der Waals surface area contributed by atoms with Crippen molar-refractivity contribution in [2.24, 2.45) is 0 Å². The summed E-state index contributed by atoms with van der Waals surface area (Å²) in [5.74, 6) is -2.67. The number of likely N-dealkylation sites (tertiary alicyclic amines) is 1. The molecule has 1 aliphatic rings. The fraction of sp³-hybridized carbons (Fsp3) is 0.833. The molecule has 0 amide bonds. The second-order valence-corrected chi connectivity index (χ2v) is 2.68. The van der Waals surface area contributed by atoms with Gasteiger partial charge in [0, 0.05) is 6.42 Å². The maximum absolute atomic E-state index is 12.4. The molecule has 0 radical (unpaired) electrons. The molecule has 0 aromatic carbocycles. The molecule has 0 aliphatic carbocycles. The molecule has 1 fully saturated rings. The summed E-state index contributed by atoms with van der Waals surface area (Å²) in [6, 6.07) is -0.588. The zero-order valence-electron chi connectivity index (χ0n) is 5.68. The Morgan fingerprint density at radius 3 is 2.50 bits per heavy atom. The van der Waals surface area contributed by atoms with Gasteiger partial charge in [0.2, 0.25) is 0 Å². The number of carbonyl (C=O) groups excluding carboxylic acids is 1.